The number of fused-ring (bicyclic) bond motifs is 1. The Morgan fingerprint density at radius 3 is 2.74 bits per heavy atom. The zero-order valence-electron chi connectivity index (χ0n) is 11.7. The van der Waals surface area contributed by atoms with Crippen LogP contribution in [-0.4, -0.2) is 18.5 Å². The number of hydrogen-bond donors (Lipinski definition) is 0. The van der Waals surface area contributed by atoms with Crippen molar-refractivity contribution in [2.24, 2.45) is 5.92 Å². The van der Waals surface area contributed by atoms with E-state index in [9.17, 15) is 4.79 Å². The second-order valence-corrected chi connectivity index (χ2v) is 5.32. The zero-order chi connectivity index (χ0) is 13.8. The third-order valence-corrected chi connectivity index (χ3v) is 3.08. The molecular weight excluding hydrogens is 240 g/mol. The summed E-state index contributed by atoms with van der Waals surface area (Å²) in [6.07, 6.45) is 2.57. The molecule has 1 aromatic carbocycles. The van der Waals surface area contributed by atoms with Gasteiger partial charge >= 0.3 is 0 Å². The van der Waals surface area contributed by atoms with E-state index in [0.29, 0.717) is 11.5 Å². The van der Waals surface area contributed by atoms with E-state index in [0.717, 1.165) is 17.4 Å². The van der Waals surface area contributed by atoms with Crippen LogP contribution in [0, 0.1) is 5.92 Å². The molecule has 0 aliphatic rings. The van der Waals surface area contributed by atoms with Crippen LogP contribution < -0.4 is 0 Å². The van der Waals surface area contributed by atoms with Crippen molar-refractivity contribution >= 4 is 16.8 Å². The summed E-state index contributed by atoms with van der Waals surface area (Å²) in [6, 6.07) is 7.54. The molecule has 102 valence electrons. The molecule has 1 atom stereocenters. The maximum atomic E-state index is 12.1. The summed E-state index contributed by atoms with van der Waals surface area (Å²) in [7, 11) is 0. The van der Waals surface area contributed by atoms with Crippen molar-refractivity contribution in [3.05, 3.63) is 36.1 Å². The molecule has 3 heteroatoms. The average Bonchev–Trinajstić information content (AvgIpc) is 2.79. The summed E-state index contributed by atoms with van der Waals surface area (Å²) >= 11 is 0. The van der Waals surface area contributed by atoms with Gasteiger partial charge in [0.25, 0.3) is 0 Å². The van der Waals surface area contributed by atoms with E-state index in [-0.39, 0.29) is 18.5 Å². The van der Waals surface area contributed by atoms with Gasteiger partial charge in [-0.3, -0.25) is 4.79 Å². The molecule has 0 amide bonds. The molecule has 0 aliphatic heterocycles. The van der Waals surface area contributed by atoms with E-state index in [1.165, 1.54) is 6.26 Å². The maximum absolute atomic E-state index is 12.1. The first-order valence-electron chi connectivity index (χ1n) is 6.69. The van der Waals surface area contributed by atoms with Gasteiger partial charge in [0.2, 0.25) is 0 Å². The fraction of sp³-hybridized carbons (Fsp3) is 0.438. The number of para-hydroxylation sites is 1. The van der Waals surface area contributed by atoms with E-state index in [1.54, 1.807) is 0 Å². The van der Waals surface area contributed by atoms with Crippen LogP contribution in [0.1, 0.15) is 37.6 Å². The monoisotopic (exact) mass is 260 g/mol. The average molecular weight is 260 g/mol. The highest BCUT2D eigenvalue weighted by atomic mass is 16.5. The van der Waals surface area contributed by atoms with Crippen LogP contribution in [0.3, 0.4) is 0 Å². The number of ketones is 1. The van der Waals surface area contributed by atoms with Crippen LogP contribution in [0.25, 0.3) is 11.0 Å². The topological polar surface area (TPSA) is 39.4 Å². The molecule has 0 spiro atoms. The molecule has 0 N–H and O–H groups in total. The minimum absolute atomic E-state index is 0.0273. The van der Waals surface area contributed by atoms with Crippen molar-refractivity contribution in [1.82, 2.24) is 0 Å². The van der Waals surface area contributed by atoms with Gasteiger partial charge in [0.15, 0.2) is 5.78 Å². The van der Waals surface area contributed by atoms with Gasteiger partial charge in [-0.25, -0.2) is 0 Å². The SMILES string of the molecule is CC(C)CC(C)OCC(=O)c1coc2ccccc12. The molecule has 1 unspecified atom stereocenters. The summed E-state index contributed by atoms with van der Waals surface area (Å²) in [5, 5.41) is 0.854. The maximum Gasteiger partial charge on any atom is 0.192 e. The number of furan rings is 1. The number of benzene rings is 1. The lowest BCUT2D eigenvalue weighted by Gasteiger charge is -2.14. The van der Waals surface area contributed by atoms with Crippen LogP contribution in [0.5, 0.6) is 0 Å². The van der Waals surface area contributed by atoms with Crippen LogP contribution in [0.15, 0.2) is 34.9 Å². The zero-order valence-corrected chi connectivity index (χ0v) is 11.7. The van der Waals surface area contributed by atoms with Gasteiger partial charge < -0.3 is 9.15 Å². The highest BCUT2D eigenvalue weighted by Crippen LogP contribution is 2.21. The van der Waals surface area contributed by atoms with Crippen molar-refractivity contribution in [2.45, 2.75) is 33.3 Å². The Morgan fingerprint density at radius 2 is 2.00 bits per heavy atom. The first-order valence-corrected chi connectivity index (χ1v) is 6.69. The highest BCUT2D eigenvalue weighted by Gasteiger charge is 2.15. The molecule has 1 aromatic heterocycles. The fourth-order valence-corrected chi connectivity index (χ4v) is 2.22. The molecule has 2 aromatic rings. The summed E-state index contributed by atoms with van der Waals surface area (Å²) in [5.74, 6) is 0.542. The van der Waals surface area contributed by atoms with Crippen molar-refractivity contribution in [3.63, 3.8) is 0 Å². The molecule has 0 bridgehead atoms. The Hall–Kier alpha value is -1.61. The van der Waals surface area contributed by atoms with E-state index in [1.807, 2.05) is 31.2 Å². The first-order chi connectivity index (χ1) is 9.08. The summed E-state index contributed by atoms with van der Waals surface area (Å²) < 4.78 is 11.0. The Morgan fingerprint density at radius 1 is 1.26 bits per heavy atom. The number of carbonyl (C=O) groups excluding carboxylic acids is 1. The van der Waals surface area contributed by atoms with Crippen molar-refractivity contribution in [1.29, 1.82) is 0 Å². The Kier molecular flexibility index (Phi) is 4.38. The predicted molar refractivity (Wildman–Crippen MR) is 75.4 cm³/mol. The van der Waals surface area contributed by atoms with Crippen LogP contribution >= 0.6 is 0 Å². The van der Waals surface area contributed by atoms with E-state index in [2.05, 4.69) is 13.8 Å². The lowest BCUT2D eigenvalue weighted by molar-refractivity contribution is 0.0445. The minimum Gasteiger partial charge on any atom is -0.464 e. The summed E-state index contributed by atoms with van der Waals surface area (Å²) in [5.41, 5.74) is 1.34. The standard InChI is InChI=1S/C16H20O3/c1-11(2)8-12(3)18-10-15(17)14-9-19-16-7-5-4-6-13(14)16/h4-7,9,11-12H,8,10H2,1-3H3. The fourth-order valence-electron chi connectivity index (χ4n) is 2.22. The number of ether oxygens (including phenoxy) is 1. The van der Waals surface area contributed by atoms with Crippen molar-refractivity contribution in [3.8, 4) is 0 Å². The Bertz CT molecular complexity index is 554. The van der Waals surface area contributed by atoms with Gasteiger partial charge in [0.05, 0.1) is 11.7 Å². The third kappa shape index (κ3) is 3.44. The molecule has 2 rings (SSSR count). The third-order valence-electron chi connectivity index (χ3n) is 3.08. The molecule has 3 nitrogen and oxygen atoms in total. The van der Waals surface area contributed by atoms with Crippen molar-refractivity contribution in [2.75, 3.05) is 6.61 Å². The Labute approximate surface area is 113 Å². The summed E-state index contributed by atoms with van der Waals surface area (Å²) in [6.45, 7) is 6.40. The molecule has 1 heterocycles. The second-order valence-electron chi connectivity index (χ2n) is 5.32. The molecule has 0 radical (unpaired) electrons. The number of rotatable bonds is 6. The van der Waals surface area contributed by atoms with Gasteiger partial charge in [-0.2, -0.15) is 0 Å². The molecular formula is C16H20O3. The molecule has 0 saturated carbocycles. The van der Waals surface area contributed by atoms with Crippen molar-refractivity contribution < 1.29 is 13.9 Å². The lowest BCUT2D eigenvalue weighted by Crippen LogP contribution is -2.17. The number of hydrogen-bond acceptors (Lipinski definition) is 3. The quantitative estimate of drug-likeness (QED) is 0.735. The van der Waals surface area contributed by atoms with Crippen LogP contribution in [0.2, 0.25) is 0 Å². The predicted octanol–water partition coefficient (Wildman–Crippen LogP) is 4.07. The molecule has 19 heavy (non-hydrogen) atoms. The van der Waals surface area contributed by atoms with Crippen LogP contribution in [0.4, 0.5) is 0 Å². The second kappa shape index (κ2) is 6.02. The largest absolute Gasteiger partial charge is 0.464 e. The van der Waals surface area contributed by atoms with E-state index >= 15 is 0 Å². The number of Topliss-reactive ketones (excluding diaryl/α,β-unsaturated/α-hetero) is 1. The molecule has 0 aliphatic carbocycles. The molecule has 0 saturated heterocycles. The molecule has 0 fully saturated rings. The van der Waals surface area contributed by atoms with E-state index in [4.69, 9.17) is 9.15 Å². The smallest absolute Gasteiger partial charge is 0.192 e. The van der Waals surface area contributed by atoms with Gasteiger partial charge in [-0.15, -0.1) is 0 Å². The lowest BCUT2D eigenvalue weighted by atomic mass is 10.1. The van der Waals surface area contributed by atoms with Crippen LogP contribution in [-0.2, 0) is 4.74 Å². The van der Waals surface area contributed by atoms with E-state index < -0.39 is 0 Å². The normalized spacial score (nSPS) is 13.1. The van der Waals surface area contributed by atoms with Gasteiger partial charge in [-0.05, 0) is 25.3 Å². The Balaban J connectivity index is 2.00. The summed E-state index contributed by atoms with van der Waals surface area (Å²) in [4.78, 5) is 12.1. The highest BCUT2D eigenvalue weighted by molar-refractivity contribution is 6.07. The first kappa shape index (κ1) is 13.8. The minimum atomic E-state index is -0.0273. The van der Waals surface area contributed by atoms with Gasteiger partial charge in [0, 0.05) is 5.39 Å². The number of carbonyl (C=O) groups is 1. The van der Waals surface area contributed by atoms with Gasteiger partial charge in [0.1, 0.15) is 18.5 Å². The van der Waals surface area contributed by atoms with Gasteiger partial charge in [-0.1, -0.05) is 32.0 Å².